The quantitative estimate of drug-likeness (QED) is 0.214. The average Bonchev–Trinajstić information content (AvgIpc) is 2.44. The molecule has 0 spiro atoms. The van der Waals surface area contributed by atoms with Gasteiger partial charge in [0.25, 0.3) is 0 Å². The third-order valence-electron chi connectivity index (χ3n) is 2.95. The fourth-order valence-electron chi connectivity index (χ4n) is 1.76. The molecule has 0 unspecified atom stereocenters. The third kappa shape index (κ3) is 7.06. The first-order valence-corrected chi connectivity index (χ1v) is 7.08. The Morgan fingerprint density at radius 3 is 2.81 bits per heavy atom. The highest BCUT2D eigenvalue weighted by Gasteiger charge is 2.04. The summed E-state index contributed by atoms with van der Waals surface area (Å²) >= 11 is 0. The van der Waals surface area contributed by atoms with Crippen LogP contribution in [-0.4, -0.2) is 30.8 Å². The van der Waals surface area contributed by atoms with Gasteiger partial charge in [0.1, 0.15) is 5.82 Å². The number of rotatable bonds is 9. The number of benzene rings is 1. The van der Waals surface area contributed by atoms with Crippen molar-refractivity contribution in [2.24, 2.45) is 16.8 Å². The first-order valence-electron chi connectivity index (χ1n) is 7.08. The molecule has 0 aliphatic heterocycles. The highest BCUT2D eigenvalue weighted by molar-refractivity contribution is 5.97. The highest BCUT2D eigenvalue weighted by Crippen LogP contribution is 2.09. The van der Waals surface area contributed by atoms with Gasteiger partial charge in [-0.3, -0.25) is 0 Å². The lowest BCUT2D eigenvalue weighted by atomic mass is 10.1. The molecule has 1 rings (SSSR count). The number of oxime groups is 1. The van der Waals surface area contributed by atoms with Crippen LogP contribution in [0.25, 0.3) is 0 Å². The van der Waals surface area contributed by atoms with Crippen molar-refractivity contribution in [2.75, 3.05) is 19.8 Å². The van der Waals surface area contributed by atoms with Gasteiger partial charge in [-0.15, -0.1) is 0 Å². The third-order valence-corrected chi connectivity index (χ3v) is 2.95. The van der Waals surface area contributed by atoms with Gasteiger partial charge in [0.15, 0.2) is 5.84 Å². The minimum absolute atomic E-state index is 0.104. The zero-order valence-corrected chi connectivity index (χ0v) is 12.6. The molecule has 4 N–H and O–H groups in total. The average molecular weight is 297 g/mol. The molecule has 0 fully saturated rings. The van der Waals surface area contributed by atoms with E-state index in [1.165, 1.54) is 12.1 Å². The Labute approximate surface area is 125 Å². The maximum atomic E-state index is 13.4. The molecule has 1 aromatic carbocycles. The maximum absolute atomic E-state index is 13.4. The number of hydrogen-bond donors (Lipinski definition) is 3. The molecule has 0 aromatic heterocycles. The van der Waals surface area contributed by atoms with Crippen LogP contribution in [0.15, 0.2) is 23.4 Å². The van der Waals surface area contributed by atoms with E-state index in [4.69, 9.17) is 15.7 Å². The van der Waals surface area contributed by atoms with Crippen LogP contribution in [0.2, 0.25) is 0 Å². The molecule has 5 nitrogen and oxygen atoms in total. The summed E-state index contributed by atoms with van der Waals surface area (Å²) in [5.74, 6) is 0.124. The van der Waals surface area contributed by atoms with Gasteiger partial charge in [-0.05, 0) is 36.1 Å². The van der Waals surface area contributed by atoms with Gasteiger partial charge in [-0.25, -0.2) is 4.39 Å². The molecule has 118 valence electrons. The molecule has 0 heterocycles. The van der Waals surface area contributed by atoms with Crippen molar-refractivity contribution in [3.05, 3.63) is 35.1 Å². The molecule has 0 aliphatic carbocycles. The SMILES string of the molecule is CC(C)CCOCCNCc1cc(F)cc(/C(N)=N/O)c1. The number of amidine groups is 1. The van der Waals surface area contributed by atoms with Crippen molar-refractivity contribution in [1.82, 2.24) is 5.32 Å². The normalized spacial score (nSPS) is 12.1. The molecule has 21 heavy (non-hydrogen) atoms. The van der Waals surface area contributed by atoms with Gasteiger partial charge in [-0.2, -0.15) is 0 Å². The molecule has 0 bridgehead atoms. The Kier molecular flexibility index (Phi) is 7.71. The lowest BCUT2D eigenvalue weighted by Crippen LogP contribution is -2.20. The van der Waals surface area contributed by atoms with Crippen LogP contribution < -0.4 is 11.1 Å². The highest BCUT2D eigenvalue weighted by atomic mass is 19.1. The Bertz CT molecular complexity index is 464. The number of nitrogens with one attached hydrogen (secondary N) is 1. The molecule has 1 aromatic rings. The number of halogens is 1. The van der Waals surface area contributed by atoms with Crippen LogP contribution in [0.4, 0.5) is 4.39 Å². The topological polar surface area (TPSA) is 79.9 Å². The minimum Gasteiger partial charge on any atom is -0.409 e. The molecule has 6 heteroatoms. The van der Waals surface area contributed by atoms with E-state index in [-0.39, 0.29) is 5.84 Å². The summed E-state index contributed by atoms with van der Waals surface area (Å²) in [5.41, 5.74) is 6.56. The Hall–Kier alpha value is -1.66. The summed E-state index contributed by atoms with van der Waals surface area (Å²) in [6.07, 6.45) is 1.05. The van der Waals surface area contributed by atoms with Crippen LogP contribution in [0.1, 0.15) is 31.4 Å². The van der Waals surface area contributed by atoms with Gasteiger partial charge in [0.2, 0.25) is 0 Å². The van der Waals surface area contributed by atoms with Crippen molar-refractivity contribution in [3.8, 4) is 0 Å². The fraction of sp³-hybridized carbons (Fsp3) is 0.533. The van der Waals surface area contributed by atoms with Gasteiger partial charge in [0.05, 0.1) is 6.61 Å². The van der Waals surface area contributed by atoms with Crippen molar-refractivity contribution in [1.29, 1.82) is 0 Å². The van der Waals surface area contributed by atoms with E-state index >= 15 is 0 Å². The van der Waals surface area contributed by atoms with Crippen LogP contribution >= 0.6 is 0 Å². The van der Waals surface area contributed by atoms with E-state index in [9.17, 15) is 4.39 Å². The predicted octanol–water partition coefficient (Wildman–Crippen LogP) is 2.07. The molecular formula is C15H24FN3O2. The molecule has 0 saturated carbocycles. The summed E-state index contributed by atoms with van der Waals surface area (Å²) in [7, 11) is 0. The summed E-state index contributed by atoms with van der Waals surface area (Å²) < 4.78 is 18.9. The van der Waals surface area contributed by atoms with E-state index in [1.54, 1.807) is 6.07 Å². The molecule has 0 atom stereocenters. The minimum atomic E-state index is -0.413. The lowest BCUT2D eigenvalue weighted by Gasteiger charge is -2.09. The summed E-state index contributed by atoms with van der Waals surface area (Å²) in [6.45, 7) is 6.88. The van der Waals surface area contributed by atoms with Gasteiger partial charge in [-0.1, -0.05) is 19.0 Å². The first-order chi connectivity index (χ1) is 10.0. The summed E-state index contributed by atoms with van der Waals surface area (Å²) in [4.78, 5) is 0. The Balaban J connectivity index is 2.34. The molecular weight excluding hydrogens is 273 g/mol. The fourth-order valence-corrected chi connectivity index (χ4v) is 1.76. The zero-order valence-electron chi connectivity index (χ0n) is 12.6. The lowest BCUT2D eigenvalue weighted by molar-refractivity contribution is 0.125. The van der Waals surface area contributed by atoms with Crippen LogP contribution in [0, 0.1) is 11.7 Å². The van der Waals surface area contributed by atoms with Crippen molar-refractivity contribution in [3.63, 3.8) is 0 Å². The number of nitrogens with two attached hydrogens (primary N) is 1. The second-order valence-electron chi connectivity index (χ2n) is 5.31. The van der Waals surface area contributed by atoms with E-state index in [0.717, 1.165) is 18.6 Å². The van der Waals surface area contributed by atoms with Crippen LogP contribution in [-0.2, 0) is 11.3 Å². The predicted molar refractivity (Wildman–Crippen MR) is 80.9 cm³/mol. The summed E-state index contributed by atoms with van der Waals surface area (Å²) in [6, 6.07) is 4.33. The molecule has 0 aliphatic rings. The smallest absolute Gasteiger partial charge is 0.170 e. The number of ether oxygens (including phenoxy) is 1. The zero-order chi connectivity index (χ0) is 15.7. The molecule has 0 radical (unpaired) electrons. The Morgan fingerprint density at radius 1 is 1.38 bits per heavy atom. The maximum Gasteiger partial charge on any atom is 0.170 e. The van der Waals surface area contributed by atoms with Crippen molar-refractivity contribution >= 4 is 5.84 Å². The molecule has 0 amide bonds. The first kappa shape index (κ1) is 17.4. The van der Waals surface area contributed by atoms with Crippen LogP contribution in [0.3, 0.4) is 0 Å². The molecule has 0 saturated heterocycles. The number of hydrogen-bond acceptors (Lipinski definition) is 4. The van der Waals surface area contributed by atoms with E-state index < -0.39 is 5.82 Å². The number of nitrogens with zero attached hydrogens (tertiary/aromatic N) is 1. The van der Waals surface area contributed by atoms with E-state index in [2.05, 4.69) is 24.3 Å². The van der Waals surface area contributed by atoms with Crippen molar-refractivity contribution < 1.29 is 14.3 Å². The second kappa shape index (κ2) is 9.31. The standard InChI is InChI=1S/C15H24FN3O2/c1-11(2)3-5-21-6-4-18-10-12-7-13(15(17)19-20)9-14(16)8-12/h7-9,11,18,20H,3-6,10H2,1-2H3,(H2,17,19). The second-order valence-corrected chi connectivity index (χ2v) is 5.31. The largest absolute Gasteiger partial charge is 0.409 e. The van der Waals surface area contributed by atoms with Gasteiger partial charge >= 0.3 is 0 Å². The Morgan fingerprint density at radius 2 is 2.14 bits per heavy atom. The van der Waals surface area contributed by atoms with Gasteiger partial charge in [0, 0.05) is 25.3 Å². The van der Waals surface area contributed by atoms with Crippen LogP contribution in [0.5, 0.6) is 0 Å². The van der Waals surface area contributed by atoms with Crippen molar-refractivity contribution in [2.45, 2.75) is 26.8 Å². The van der Waals surface area contributed by atoms with E-state index in [0.29, 0.717) is 31.2 Å². The monoisotopic (exact) mass is 297 g/mol. The van der Waals surface area contributed by atoms with E-state index in [1.807, 2.05) is 0 Å². The van der Waals surface area contributed by atoms with Gasteiger partial charge < -0.3 is 21.0 Å². The summed E-state index contributed by atoms with van der Waals surface area (Å²) in [5, 5.41) is 14.7.